The maximum absolute atomic E-state index is 15.0. The van der Waals surface area contributed by atoms with Gasteiger partial charge in [-0.05, 0) is 84.0 Å². The lowest BCUT2D eigenvalue weighted by molar-refractivity contribution is 0.0937. The molecule has 2 fully saturated rings. The number of H-pyrrole nitrogens is 2. The highest BCUT2D eigenvalue weighted by atomic mass is 19.1. The summed E-state index contributed by atoms with van der Waals surface area (Å²) in [7, 11) is 2.79. The minimum Gasteiger partial charge on any atom is -0.494 e. The van der Waals surface area contributed by atoms with Crippen LogP contribution in [0, 0.1) is 11.6 Å². The van der Waals surface area contributed by atoms with Crippen LogP contribution in [0.1, 0.15) is 92.1 Å². The quantitative estimate of drug-likeness (QED) is 0.0799. The van der Waals surface area contributed by atoms with Crippen LogP contribution >= 0.6 is 0 Å². The zero-order chi connectivity index (χ0) is 49.3. The molecule has 2 aliphatic rings. The van der Waals surface area contributed by atoms with Crippen LogP contribution in [-0.4, -0.2) is 95.2 Å². The molecule has 8 heterocycles. The van der Waals surface area contributed by atoms with Crippen molar-refractivity contribution >= 4 is 23.1 Å². The first kappa shape index (κ1) is 45.4. The van der Waals surface area contributed by atoms with Crippen molar-refractivity contribution in [1.29, 1.82) is 0 Å². The second-order valence-corrected chi connectivity index (χ2v) is 17.6. The Hall–Kier alpha value is -9.08. The van der Waals surface area contributed by atoms with Crippen LogP contribution in [0.25, 0.3) is 33.5 Å². The highest BCUT2D eigenvalue weighted by Crippen LogP contribution is 2.41. The number of rotatable bonds is 16. The van der Waals surface area contributed by atoms with Crippen molar-refractivity contribution in [2.24, 2.45) is 0 Å². The third kappa shape index (κ3) is 9.60. The van der Waals surface area contributed by atoms with Crippen LogP contribution in [0.2, 0.25) is 0 Å². The highest BCUT2D eigenvalue weighted by Gasteiger charge is 2.26. The van der Waals surface area contributed by atoms with Crippen molar-refractivity contribution in [3.8, 4) is 33.8 Å². The molecule has 0 unspecified atom stereocenters. The van der Waals surface area contributed by atoms with Gasteiger partial charge in [-0.15, -0.1) is 10.2 Å². The third-order valence-corrected chi connectivity index (χ3v) is 12.7. The van der Waals surface area contributed by atoms with E-state index < -0.39 is 23.4 Å². The zero-order valence-corrected chi connectivity index (χ0v) is 39.0. The molecule has 364 valence electrons. The van der Waals surface area contributed by atoms with Gasteiger partial charge in [-0.25, -0.2) is 28.1 Å². The Morgan fingerprint density at radius 3 is 1.44 bits per heavy atom. The summed E-state index contributed by atoms with van der Waals surface area (Å²) in [5.74, 6) is -0.510. The molecule has 2 aliphatic carbocycles. The van der Waals surface area contributed by atoms with Crippen molar-refractivity contribution in [3.05, 3.63) is 167 Å². The van der Waals surface area contributed by atoms with E-state index in [9.17, 15) is 9.59 Å². The van der Waals surface area contributed by atoms with Gasteiger partial charge in [0.1, 0.15) is 11.3 Å². The van der Waals surface area contributed by atoms with Crippen LogP contribution < -0.4 is 20.1 Å². The van der Waals surface area contributed by atoms with Crippen LogP contribution in [0.5, 0.6) is 11.5 Å². The van der Waals surface area contributed by atoms with Gasteiger partial charge in [-0.3, -0.25) is 19.8 Å². The van der Waals surface area contributed by atoms with E-state index in [2.05, 4.69) is 86.1 Å². The number of nitrogens with one attached hydrogen (secondary N) is 4. The molecule has 2 saturated carbocycles. The van der Waals surface area contributed by atoms with Gasteiger partial charge in [-0.1, -0.05) is 34.7 Å². The molecule has 0 aliphatic heterocycles. The molecule has 2 aromatic carbocycles. The molecule has 8 aromatic heterocycles. The van der Waals surface area contributed by atoms with Gasteiger partial charge in [0.25, 0.3) is 11.8 Å². The van der Waals surface area contributed by atoms with Crippen LogP contribution in [-0.2, 0) is 26.2 Å². The topological polar surface area (TPSA) is 230 Å². The fraction of sp³-hybridized carbons (Fsp3) is 0.240. The summed E-state index contributed by atoms with van der Waals surface area (Å²) in [5.41, 5.74) is 9.42. The van der Waals surface area contributed by atoms with Crippen molar-refractivity contribution in [3.63, 3.8) is 0 Å². The number of hydrogen-bond donors (Lipinski definition) is 4. The predicted molar refractivity (Wildman–Crippen MR) is 256 cm³/mol. The number of aromatic amines is 2. The molecular weight excluding hydrogens is 927 g/mol. The monoisotopic (exact) mass is 972 g/mol. The van der Waals surface area contributed by atoms with Crippen molar-refractivity contribution < 1.29 is 27.8 Å². The van der Waals surface area contributed by atoms with Gasteiger partial charge < -0.3 is 28.9 Å². The number of hydrogen-bond acceptors (Lipinski definition) is 12. The largest absolute Gasteiger partial charge is 0.494 e. The summed E-state index contributed by atoms with van der Waals surface area (Å²) < 4.78 is 47.4. The third-order valence-electron chi connectivity index (χ3n) is 12.7. The molecule has 0 radical (unpaired) electrons. The van der Waals surface area contributed by atoms with E-state index in [1.165, 1.54) is 51.0 Å². The second kappa shape index (κ2) is 19.4. The van der Waals surface area contributed by atoms with Crippen LogP contribution in [0.4, 0.5) is 8.78 Å². The smallest absolute Gasteiger partial charge is 0.273 e. The first-order chi connectivity index (χ1) is 35.2. The molecule has 22 heteroatoms. The zero-order valence-electron chi connectivity index (χ0n) is 39.0. The molecule has 2 amide bonds. The number of fused-ring (bicyclic) bond motifs is 2. The number of pyridine rings is 2. The van der Waals surface area contributed by atoms with Crippen LogP contribution in [0.15, 0.2) is 110 Å². The maximum Gasteiger partial charge on any atom is 0.273 e. The summed E-state index contributed by atoms with van der Waals surface area (Å²) in [5, 5.41) is 34.9. The van der Waals surface area contributed by atoms with Gasteiger partial charge in [0.2, 0.25) is 0 Å². The van der Waals surface area contributed by atoms with Gasteiger partial charge >= 0.3 is 0 Å². The average Bonchev–Trinajstić information content (AvgIpc) is 3.85. The number of benzene rings is 2. The maximum atomic E-state index is 15.0. The molecule has 0 atom stereocenters. The number of nitrogens with zero attached hydrogens (tertiary/aromatic N) is 12. The number of amides is 2. The minimum absolute atomic E-state index is 0.0645. The summed E-state index contributed by atoms with van der Waals surface area (Å²) in [6.45, 7) is 0.613. The normalized spacial score (nSPS) is 13.3. The SMILES string of the molecule is COc1ccc(-c2cn[nH]c2)c(CNC(=O)c2cn(Cc3cn4cc(C5CC5)ccc4n3)nn2)c1F.COc1ccc(-c2cn[nH]c2)c(CNC(=O)c2cn(Cc3cn4cc(C5CC5)ccc4n3)nn2)c1F. The average molecular weight is 973 g/mol. The molecule has 0 saturated heterocycles. The van der Waals surface area contributed by atoms with E-state index >= 15 is 8.78 Å². The van der Waals surface area contributed by atoms with Gasteiger partial charge in [0, 0.05) is 72.5 Å². The standard InChI is InChI=1S/2C25H23FN8O2/c2*1-36-22-6-5-19(17-8-28-29-9-17)20(24(22)26)10-27-25(35)21-14-34(32-31-21)13-18-12-33-11-16(15-2-3-15)4-7-23(33)30-18/h2*4-9,11-12,14-15H,2-3,10,13H2,1H3,(H,27,35)(H,28,29). The van der Waals surface area contributed by atoms with E-state index in [0.29, 0.717) is 47.2 Å². The van der Waals surface area contributed by atoms with Crippen molar-refractivity contribution in [2.75, 3.05) is 14.2 Å². The number of halogens is 2. The molecule has 10 aromatic rings. The van der Waals surface area contributed by atoms with Gasteiger partial charge in [0.05, 0.1) is 63.5 Å². The minimum atomic E-state index is -0.545. The van der Waals surface area contributed by atoms with E-state index in [-0.39, 0.29) is 47.1 Å². The van der Waals surface area contributed by atoms with Gasteiger partial charge in [0.15, 0.2) is 34.5 Å². The summed E-state index contributed by atoms with van der Waals surface area (Å²) in [6.07, 6.45) is 22.7. The van der Waals surface area contributed by atoms with E-state index in [1.807, 2.05) is 33.3 Å². The highest BCUT2D eigenvalue weighted by molar-refractivity contribution is 5.92. The molecule has 0 spiro atoms. The Morgan fingerprint density at radius 2 is 1.06 bits per heavy atom. The number of ether oxygens (including phenoxy) is 2. The Balaban J connectivity index is 0.000000156. The number of carbonyl (C=O) groups is 2. The van der Waals surface area contributed by atoms with E-state index in [1.54, 1.807) is 70.8 Å². The Morgan fingerprint density at radius 1 is 0.611 bits per heavy atom. The lowest BCUT2D eigenvalue weighted by Gasteiger charge is -2.13. The lowest BCUT2D eigenvalue weighted by Crippen LogP contribution is -2.24. The first-order valence-electron chi connectivity index (χ1n) is 23.2. The van der Waals surface area contributed by atoms with Crippen molar-refractivity contribution in [2.45, 2.75) is 63.7 Å². The molecule has 4 N–H and O–H groups in total. The number of aromatic nitrogens is 14. The fourth-order valence-electron chi connectivity index (χ4n) is 8.60. The molecule has 20 nitrogen and oxygen atoms in total. The van der Waals surface area contributed by atoms with E-state index in [4.69, 9.17) is 9.47 Å². The van der Waals surface area contributed by atoms with E-state index in [0.717, 1.165) is 22.7 Å². The molecule has 12 rings (SSSR count). The molecule has 72 heavy (non-hydrogen) atoms. The first-order valence-corrected chi connectivity index (χ1v) is 23.2. The number of methoxy groups -OCH3 is 2. The molecule has 0 bridgehead atoms. The predicted octanol–water partition coefficient (Wildman–Crippen LogP) is 6.64. The Kier molecular flexibility index (Phi) is 12.2. The van der Waals surface area contributed by atoms with Crippen molar-refractivity contribution in [1.82, 2.24) is 79.8 Å². The summed E-state index contributed by atoms with van der Waals surface area (Å²) in [6, 6.07) is 14.8. The summed E-state index contributed by atoms with van der Waals surface area (Å²) in [4.78, 5) is 34.8. The van der Waals surface area contributed by atoms with Crippen LogP contribution in [0.3, 0.4) is 0 Å². The Labute approximate surface area is 408 Å². The number of carbonyl (C=O) groups excluding carboxylic acids is 2. The Bertz CT molecular complexity index is 3340. The second-order valence-electron chi connectivity index (χ2n) is 17.6. The number of imidazole rings is 2. The molecular formula is C50H46F2N16O4. The fourth-order valence-corrected chi connectivity index (χ4v) is 8.60. The van der Waals surface area contributed by atoms with Gasteiger partial charge in [-0.2, -0.15) is 10.2 Å². The lowest BCUT2D eigenvalue weighted by atomic mass is 10.0. The summed E-state index contributed by atoms with van der Waals surface area (Å²) >= 11 is 0.